The second-order valence-electron chi connectivity index (χ2n) is 5.89. The maximum absolute atomic E-state index is 9.42. The van der Waals surface area contributed by atoms with E-state index in [1.165, 1.54) is 16.2 Å². The van der Waals surface area contributed by atoms with Crippen LogP contribution in [0.2, 0.25) is 5.02 Å². The fourth-order valence-electron chi connectivity index (χ4n) is 2.89. The van der Waals surface area contributed by atoms with Crippen LogP contribution in [0.3, 0.4) is 0 Å². The van der Waals surface area contributed by atoms with Crippen LogP contribution in [0.1, 0.15) is 42.1 Å². The first kappa shape index (κ1) is 19.6. The highest BCUT2D eigenvalue weighted by molar-refractivity contribution is 7.09. The monoisotopic (exact) mass is 375 g/mol. The van der Waals surface area contributed by atoms with Gasteiger partial charge in [0.1, 0.15) is 17.0 Å². The molecule has 0 bridgehead atoms. The van der Waals surface area contributed by atoms with Crippen LogP contribution in [0, 0.1) is 18.3 Å². The van der Waals surface area contributed by atoms with Crippen LogP contribution < -0.4 is 4.90 Å². The van der Waals surface area contributed by atoms with Crippen molar-refractivity contribution in [2.24, 2.45) is 4.99 Å². The second kappa shape index (κ2) is 9.67. The van der Waals surface area contributed by atoms with Crippen molar-refractivity contribution in [2.45, 2.75) is 32.7 Å². The lowest BCUT2D eigenvalue weighted by molar-refractivity contribution is -0.926. The van der Waals surface area contributed by atoms with Crippen molar-refractivity contribution >= 4 is 29.2 Å². The molecule has 0 saturated carbocycles. The van der Waals surface area contributed by atoms with E-state index in [9.17, 15) is 5.26 Å². The zero-order valence-electron chi connectivity index (χ0n) is 14.9. The van der Waals surface area contributed by atoms with Crippen molar-refractivity contribution in [2.75, 3.05) is 19.6 Å². The van der Waals surface area contributed by atoms with Crippen LogP contribution in [0.5, 0.6) is 0 Å². The van der Waals surface area contributed by atoms with Gasteiger partial charge in [-0.15, -0.1) is 11.3 Å². The van der Waals surface area contributed by atoms with Gasteiger partial charge in [-0.05, 0) is 26.8 Å². The Morgan fingerprint density at radius 2 is 2.08 bits per heavy atom. The third-order valence-corrected chi connectivity index (χ3v) is 5.66. The highest BCUT2D eigenvalue weighted by Crippen LogP contribution is 2.22. The Morgan fingerprint density at radius 3 is 2.64 bits per heavy atom. The van der Waals surface area contributed by atoms with E-state index in [1.807, 2.05) is 30.5 Å². The number of thiazole rings is 1. The molecule has 25 heavy (non-hydrogen) atoms. The summed E-state index contributed by atoms with van der Waals surface area (Å²) in [5.74, 6) is -0.391. The lowest BCUT2D eigenvalue weighted by Gasteiger charge is -2.26. The summed E-state index contributed by atoms with van der Waals surface area (Å²) in [4.78, 5) is 10.4. The molecular formula is C19H24ClN4S+. The van der Waals surface area contributed by atoms with E-state index in [2.05, 4.69) is 36.0 Å². The minimum absolute atomic E-state index is 0.178. The normalized spacial score (nSPS) is 13.9. The van der Waals surface area contributed by atoms with E-state index in [4.69, 9.17) is 11.6 Å². The van der Waals surface area contributed by atoms with Crippen LogP contribution in [-0.2, 0) is 0 Å². The van der Waals surface area contributed by atoms with Crippen LogP contribution in [0.15, 0.2) is 34.6 Å². The first-order valence-corrected chi connectivity index (χ1v) is 9.77. The molecule has 2 atom stereocenters. The number of benzene rings is 1. The Bertz CT molecular complexity index is 746. The smallest absolute Gasteiger partial charge is 0.134 e. The molecule has 0 fully saturated rings. The fourth-order valence-corrected chi connectivity index (χ4v) is 3.96. The summed E-state index contributed by atoms with van der Waals surface area (Å²) < 4.78 is 0. The van der Waals surface area contributed by atoms with Gasteiger partial charge in [0.2, 0.25) is 0 Å². The van der Waals surface area contributed by atoms with Gasteiger partial charge in [0, 0.05) is 27.9 Å². The van der Waals surface area contributed by atoms with Gasteiger partial charge in [-0.3, -0.25) is 4.99 Å². The predicted molar refractivity (Wildman–Crippen MR) is 105 cm³/mol. The minimum Gasteiger partial charge on any atom is -0.328 e. The highest BCUT2D eigenvalue weighted by Gasteiger charge is 2.23. The van der Waals surface area contributed by atoms with E-state index >= 15 is 0 Å². The van der Waals surface area contributed by atoms with Gasteiger partial charge in [0.15, 0.2) is 0 Å². The molecular weight excluding hydrogens is 352 g/mol. The molecule has 0 aliphatic rings. The molecule has 1 unspecified atom stereocenters. The van der Waals surface area contributed by atoms with E-state index in [0.29, 0.717) is 6.54 Å². The van der Waals surface area contributed by atoms with Crippen molar-refractivity contribution in [3.8, 4) is 6.07 Å². The Morgan fingerprint density at radius 1 is 1.36 bits per heavy atom. The Hall–Kier alpha value is -1.74. The number of nitrogens with one attached hydrogen (secondary N) is 1. The number of halogens is 1. The second-order valence-corrected chi connectivity index (χ2v) is 7.18. The molecule has 132 valence electrons. The van der Waals surface area contributed by atoms with E-state index in [1.54, 1.807) is 6.21 Å². The van der Waals surface area contributed by atoms with Crippen LogP contribution in [-0.4, -0.2) is 30.8 Å². The van der Waals surface area contributed by atoms with E-state index in [0.717, 1.165) is 34.4 Å². The topological polar surface area (TPSA) is 53.5 Å². The molecule has 2 rings (SSSR count). The third-order valence-electron chi connectivity index (χ3n) is 4.27. The fraction of sp³-hybridized carbons (Fsp3) is 0.421. The van der Waals surface area contributed by atoms with Crippen molar-refractivity contribution in [3.05, 3.63) is 50.9 Å². The van der Waals surface area contributed by atoms with Crippen molar-refractivity contribution in [1.82, 2.24) is 4.98 Å². The number of likely N-dealkylation sites (N-methyl/N-ethyl adjacent to an activating group) is 1. The number of aliphatic imine (C=N–C) groups is 1. The summed E-state index contributed by atoms with van der Waals surface area (Å²) in [6.45, 7) is 8.86. The molecule has 4 nitrogen and oxygen atoms in total. The third kappa shape index (κ3) is 5.12. The maximum Gasteiger partial charge on any atom is 0.134 e. The van der Waals surface area contributed by atoms with Gasteiger partial charge in [-0.25, -0.2) is 4.98 Å². The SMILES string of the molecule is CC[NH+](CC)[C@@H](CN=CC(C#N)c1nc(C)cs1)c1ccccc1Cl. The van der Waals surface area contributed by atoms with Gasteiger partial charge in [0.25, 0.3) is 0 Å². The molecule has 1 heterocycles. The summed E-state index contributed by atoms with van der Waals surface area (Å²) in [7, 11) is 0. The number of nitrogens with zero attached hydrogens (tertiary/aromatic N) is 3. The zero-order chi connectivity index (χ0) is 18.2. The number of aromatic nitrogens is 1. The molecule has 2 aromatic rings. The largest absolute Gasteiger partial charge is 0.328 e. The molecule has 0 spiro atoms. The Labute approximate surface area is 158 Å². The lowest BCUT2D eigenvalue weighted by atomic mass is 10.0. The quantitative estimate of drug-likeness (QED) is 0.718. The number of aryl methyl sites for hydroxylation is 1. The van der Waals surface area contributed by atoms with Gasteiger partial charge in [-0.2, -0.15) is 5.26 Å². The summed E-state index contributed by atoms with van der Waals surface area (Å²) in [5.41, 5.74) is 2.05. The van der Waals surface area contributed by atoms with E-state index in [-0.39, 0.29) is 6.04 Å². The molecule has 0 radical (unpaired) electrons. The van der Waals surface area contributed by atoms with Gasteiger partial charge < -0.3 is 4.90 Å². The lowest BCUT2D eigenvalue weighted by Crippen LogP contribution is -3.12. The van der Waals surface area contributed by atoms with Crippen molar-refractivity contribution < 1.29 is 4.90 Å². The van der Waals surface area contributed by atoms with Gasteiger partial charge >= 0.3 is 0 Å². The Kier molecular flexibility index (Phi) is 7.57. The number of nitriles is 1. The molecule has 1 aromatic heterocycles. The maximum atomic E-state index is 9.42. The first-order valence-electron chi connectivity index (χ1n) is 8.51. The molecule has 0 amide bonds. The first-order chi connectivity index (χ1) is 12.1. The number of hydrogen-bond donors (Lipinski definition) is 1. The van der Waals surface area contributed by atoms with Crippen LogP contribution >= 0.6 is 22.9 Å². The molecule has 6 heteroatoms. The number of rotatable bonds is 8. The van der Waals surface area contributed by atoms with Crippen molar-refractivity contribution in [3.63, 3.8) is 0 Å². The average molecular weight is 376 g/mol. The van der Waals surface area contributed by atoms with Crippen LogP contribution in [0.25, 0.3) is 0 Å². The van der Waals surface area contributed by atoms with Crippen molar-refractivity contribution in [1.29, 1.82) is 5.26 Å². The van der Waals surface area contributed by atoms with E-state index < -0.39 is 5.92 Å². The molecule has 0 aliphatic heterocycles. The summed E-state index contributed by atoms with van der Waals surface area (Å²) in [5, 5.41) is 12.9. The minimum atomic E-state index is -0.391. The average Bonchev–Trinajstić information content (AvgIpc) is 3.05. The Balaban J connectivity index is 2.19. The zero-order valence-corrected chi connectivity index (χ0v) is 16.4. The molecule has 0 aliphatic carbocycles. The van der Waals surface area contributed by atoms with Gasteiger partial charge in [0.05, 0.1) is 25.7 Å². The molecule has 1 N–H and O–H groups in total. The molecule has 1 aromatic carbocycles. The summed E-state index contributed by atoms with van der Waals surface area (Å²) in [6, 6.07) is 10.4. The summed E-state index contributed by atoms with van der Waals surface area (Å²) in [6.07, 6.45) is 1.73. The highest BCUT2D eigenvalue weighted by atomic mass is 35.5. The van der Waals surface area contributed by atoms with Gasteiger partial charge in [-0.1, -0.05) is 29.8 Å². The predicted octanol–water partition coefficient (Wildman–Crippen LogP) is 3.45. The number of hydrogen-bond acceptors (Lipinski definition) is 4. The molecule has 0 saturated heterocycles. The standard InChI is InChI=1S/C19H23ClN4S/c1-4-24(5-2)18(16-8-6-7-9-17(16)20)12-22-11-15(10-21)19-23-14(3)13-25-19/h6-9,11,13,15,18H,4-5,12H2,1-3H3/p+1/t15?,18-/m0/s1. The summed E-state index contributed by atoms with van der Waals surface area (Å²) >= 11 is 7.92. The number of quaternary nitrogens is 1. The van der Waals surface area contributed by atoms with Crippen LogP contribution in [0.4, 0.5) is 0 Å².